The first kappa shape index (κ1) is 34.8. The smallest absolute Gasteiger partial charge is 0.136 e. The quantitative estimate of drug-likeness (QED) is 0.173. The van der Waals surface area contributed by atoms with Gasteiger partial charge in [-0.25, -0.2) is 0 Å². The Morgan fingerprint density at radius 1 is 0.333 bits per heavy atom. The Bertz CT molecular complexity index is 3380. The second-order valence-electron chi connectivity index (χ2n) is 17.8. The predicted molar refractivity (Wildman–Crippen MR) is 252 cm³/mol. The molecule has 60 heavy (non-hydrogen) atoms. The zero-order valence-corrected chi connectivity index (χ0v) is 34.3. The Morgan fingerprint density at radius 3 is 1.60 bits per heavy atom. The fourth-order valence-corrected chi connectivity index (χ4v) is 10.4. The van der Waals surface area contributed by atoms with E-state index in [0.717, 1.165) is 50.1 Å². The van der Waals surface area contributed by atoms with Crippen molar-refractivity contribution in [1.29, 1.82) is 0 Å². The molecule has 0 unspecified atom stereocenters. The van der Waals surface area contributed by atoms with E-state index < -0.39 is 0 Å². The molecule has 12 rings (SSSR count). The first-order chi connectivity index (χ1) is 29.2. The van der Waals surface area contributed by atoms with Crippen LogP contribution in [0.2, 0.25) is 0 Å². The first-order valence-corrected chi connectivity index (χ1v) is 21.1. The molecular formula is C58H43NO. The lowest BCUT2D eigenvalue weighted by atomic mass is 9.81. The van der Waals surface area contributed by atoms with Gasteiger partial charge in [0.25, 0.3) is 0 Å². The molecule has 1 heterocycles. The monoisotopic (exact) mass is 769 g/mol. The maximum atomic E-state index is 6.28. The van der Waals surface area contributed by atoms with Crippen LogP contribution in [0.15, 0.2) is 192 Å². The van der Waals surface area contributed by atoms with Gasteiger partial charge in [-0.3, -0.25) is 0 Å². The van der Waals surface area contributed by atoms with Crippen molar-refractivity contribution in [2.75, 3.05) is 4.90 Å². The summed E-state index contributed by atoms with van der Waals surface area (Å²) in [6.07, 6.45) is 0. The second-order valence-corrected chi connectivity index (χ2v) is 17.8. The van der Waals surface area contributed by atoms with Crippen molar-refractivity contribution in [3.63, 3.8) is 0 Å². The molecule has 2 heteroatoms. The number of para-hydroxylation sites is 1. The molecule has 0 aliphatic heterocycles. The van der Waals surface area contributed by atoms with Gasteiger partial charge in [0.1, 0.15) is 11.2 Å². The molecule has 0 radical (unpaired) electrons. The summed E-state index contributed by atoms with van der Waals surface area (Å²) in [6, 6.07) is 69.5. The fourth-order valence-electron chi connectivity index (χ4n) is 10.4. The van der Waals surface area contributed by atoms with Crippen molar-refractivity contribution in [2.24, 2.45) is 0 Å². The molecule has 9 aromatic carbocycles. The Kier molecular flexibility index (Phi) is 7.36. The maximum absolute atomic E-state index is 6.28. The number of benzene rings is 9. The number of hydrogen-bond acceptors (Lipinski definition) is 2. The number of nitrogens with zero attached hydrogens (tertiary/aromatic N) is 1. The van der Waals surface area contributed by atoms with E-state index in [4.69, 9.17) is 4.42 Å². The zero-order chi connectivity index (χ0) is 40.3. The van der Waals surface area contributed by atoms with Crippen LogP contribution < -0.4 is 4.90 Å². The van der Waals surface area contributed by atoms with Crippen molar-refractivity contribution < 1.29 is 4.42 Å². The molecule has 1 aromatic heterocycles. The molecule has 0 saturated heterocycles. The minimum atomic E-state index is -0.195. The van der Waals surface area contributed by atoms with E-state index in [9.17, 15) is 0 Å². The summed E-state index contributed by atoms with van der Waals surface area (Å²) in [4.78, 5) is 2.45. The summed E-state index contributed by atoms with van der Waals surface area (Å²) in [5, 5.41) is 4.83. The van der Waals surface area contributed by atoms with Gasteiger partial charge in [0.2, 0.25) is 0 Å². The largest absolute Gasteiger partial charge is 0.456 e. The van der Waals surface area contributed by atoms with E-state index in [2.05, 4.69) is 209 Å². The number of furan rings is 1. The van der Waals surface area contributed by atoms with Gasteiger partial charge in [0, 0.05) is 38.7 Å². The third kappa shape index (κ3) is 5.13. The van der Waals surface area contributed by atoms with Crippen LogP contribution in [-0.2, 0) is 10.8 Å². The summed E-state index contributed by atoms with van der Waals surface area (Å²) in [7, 11) is 0. The van der Waals surface area contributed by atoms with Crippen LogP contribution in [0.25, 0.3) is 77.2 Å². The number of anilines is 3. The van der Waals surface area contributed by atoms with Crippen LogP contribution in [0, 0.1) is 0 Å². The average Bonchev–Trinajstić information content (AvgIpc) is 3.85. The Morgan fingerprint density at radius 2 is 0.833 bits per heavy atom. The molecule has 0 N–H and O–H groups in total. The highest BCUT2D eigenvalue weighted by molar-refractivity contribution is 6.06. The third-order valence-corrected chi connectivity index (χ3v) is 13.7. The molecule has 0 amide bonds. The van der Waals surface area contributed by atoms with E-state index in [1.54, 1.807) is 0 Å². The summed E-state index contributed by atoms with van der Waals surface area (Å²) in [5.74, 6) is 0. The molecule has 0 atom stereocenters. The van der Waals surface area contributed by atoms with Crippen LogP contribution in [0.3, 0.4) is 0 Å². The summed E-state index contributed by atoms with van der Waals surface area (Å²) < 4.78 is 6.28. The number of fused-ring (bicyclic) bond motifs is 10. The van der Waals surface area contributed by atoms with Crippen LogP contribution in [0.1, 0.15) is 49.9 Å². The van der Waals surface area contributed by atoms with Gasteiger partial charge in [-0.1, -0.05) is 149 Å². The highest BCUT2D eigenvalue weighted by Crippen LogP contribution is 2.54. The minimum Gasteiger partial charge on any atom is -0.456 e. The van der Waals surface area contributed by atoms with Gasteiger partial charge >= 0.3 is 0 Å². The Balaban J connectivity index is 0.965. The van der Waals surface area contributed by atoms with E-state index >= 15 is 0 Å². The molecule has 0 spiro atoms. The van der Waals surface area contributed by atoms with Crippen molar-refractivity contribution in [3.8, 4) is 44.5 Å². The van der Waals surface area contributed by atoms with Crippen LogP contribution >= 0.6 is 0 Å². The third-order valence-electron chi connectivity index (χ3n) is 13.7. The molecule has 286 valence electrons. The molecular weight excluding hydrogens is 727 g/mol. The molecule has 2 aliphatic rings. The second kappa shape index (κ2) is 12.7. The lowest BCUT2D eigenvalue weighted by molar-refractivity contribution is 0.660. The summed E-state index contributed by atoms with van der Waals surface area (Å²) >= 11 is 0. The Labute approximate surface area is 351 Å². The zero-order valence-electron chi connectivity index (χ0n) is 34.3. The van der Waals surface area contributed by atoms with Gasteiger partial charge in [0.15, 0.2) is 0 Å². The van der Waals surface area contributed by atoms with Crippen LogP contribution in [0.4, 0.5) is 17.1 Å². The SMILES string of the molecule is CC1(C)c2ccccc2-c2ccc(N(c3ccc(-c4ccc5c(c4)oc4ccccc45)cc3)c3ccc4c(c3)C(C)(C)c3cc(-c5ccc6ccccc6c5)ccc3-4)cc21. The number of hydrogen-bond donors (Lipinski definition) is 0. The van der Waals surface area contributed by atoms with Gasteiger partial charge in [-0.2, -0.15) is 0 Å². The van der Waals surface area contributed by atoms with Crippen LogP contribution in [-0.4, -0.2) is 0 Å². The van der Waals surface area contributed by atoms with E-state index in [-0.39, 0.29) is 10.8 Å². The van der Waals surface area contributed by atoms with Gasteiger partial charge in [-0.15, -0.1) is 0 Å². The van der Waals surface area contributed by atoms with Gasteiger partial charge in [-0.05, 0) is 144 Å². The normalized spacial score (nSPS) is 14.3. The van der Waals surface area contributed by atoms with Crippen molar-refractivity contribution in [3.05, 3.63) is 210 Å². The molecule has 0 fully saturated rings. The standard InChI is InChI=1S/C58H43NO/c1-57(2)51-15-9-7-13-45(51)47-29-25-43(34-53(47)57)59(42-23-19-37(20-24-42)41-22-28-50-49-14-8-10-16-55(49)60-56(50)33-41)44-26-30-48-46-27-21-40(32-52(46)58(3,4)54(48)35-44)39-18-17-36-11-5-6-12-38(36)31-39/h5-35H,1-4H3. The highest BCUT2D eigenvalue weighted by Gasteiger charge is 2.38. The van der Waals surface area contributed by atoms with Crippen molar-refractivity contribution in [1.82, 2.24) is 0 Å². The van der Waals surface area contributed by atoms with E-state index in [0.29, 0.717) is 0 Å². The lowest BCUT2D eigenvalue weighted by Crippen LogP contribution is -2.18. The minimum absolute atomic E-state index is 0.114. The number of rotatable bonds is 5. The first-order valence-electron chi connectivity index (χ1n) is 21.1. The van der Waals surface area contributed by atoms with Crippen molar-refractivity contribution in [2.45, 2.75) is 38.5 Å². The van der Waals surface area contributed by atoms with E-state index in [1.807, 2.05) is 12.1 Å². The topological polar surface area (TPSA) is 16.4 Å². The molecule has 0 bridgehead atoms. The maximum Gasteiger partial charge on any atom is 0.136 e. The average molecular weight is 770 g/mol. The predicted octanol–water partition coefficient (Wildman–Crippen LogP) is 16.2. The van der Waals surface area contributed by atoms with E-state index in [1.165, 1.54) is 66.4 Å². The van der Waals surface area contributed by atoms with Gasteiger partial charge in [0.05, 0.1) is 0 Å². The van der Waals surface area contributed by atoms with Gasteiger partial charge < -0.3 is 9.32 Å². The summed E-state index contributed by atoms with van der Waals surface area (Å²) in [5.41, 5.74) is 20.5. The molecule has 2 nitrogen and oxygen atoms in total. The summed E-state index contributed by atoms with van der Waals surface area (Å²) in [6.45, 7) is 9.50. The Hall–Kier alpha value is -7.16. The molecule has 10 aromatic rings. The molecule has 2 aliphatic carbocycles. The van der Waals surface area contributed by atoms with Crippen LogP contribution in [0.5, 0.6) is 0 Å². The van der Waals surface area contributed by atoms with Crippen molar-refractivity contribution >= 4 is 49.8 Å². The molecule has 0 saturated carbocycles. The highest BCUT2D eigenvalue weighted by atomic mass is 16.3. The fraction of sp³-hybridized carbons (Fsp3) is 0.103. The lowest BCUT2D eigenvalue weighted by Gasteiger charge is -2.30.